The van der Waals surface area contributed by atoms with Gasteiger partial charge in [0.25, 0.3) is 5.91 Å². The number of aryl methyl sites for hydroxylation is 1. The van der Waals surface area contributed by atoms with Crippen molar-refractivity contribution in [2.45, 2.75) is 6.92 Å². The summed E-state index contributed by atoms with van der Waals surface area (Å²) in [7, 11) is 0. The second-order valence-corrected chi connectivity index (χ2v) is 4.48. The third-order valence-corrected chi connectivity index (χ3v) is 2.78. The maximum absolute atomic E-state index is 13.0. The minimum absolute atomic E-state index is 0.0854. The molecule has 6 heteroatoms. The summed E-state index contributed by atoms with van der Waals surface area (Å²) in [5.41, 5.74) is 1.37. The van der Waals surface area contributed by atoms with E-state index in [0.29, 0.717) is 16.9 Å². The summed E-state index contributed by atoms with van der Waals surface area (Å²) in [6.07, 6.45) is 0. The monoisotopic (exact) mass is 289 g/mol. The summed E-state index contributed by atoms with van der Waals surface area (Å²) in [4.78, 5) is 16.1. The first-order valence-corrected chi connectivity index (χ1v) is 6.02. The number of halogens is 2. The molecule has 0 fully saturated rings. The molecule has 0 aliphatic heterocycles. The average molecular weight is 290 g/mol. The fourth-order valence-corrected chi connectivity index (χ4v) is 1.80. The Kier molecular flexibility index (Phi) is 3.97. The van der Waals surface area contributed by atoms with Gasteiger partial charge in [0.05, 0.1) is 16.7 Å². The number of benzene rings is 1. The molecule has 1 aromatic carbocycles. The molecular weight excluding hydrogens is 281 g/mol. The molecule has 0 unspecified atom stereocenters. The fraction of sp³-hybridized carbons (Fsp3) is 0.0714. The molecule has 0 aliphatic rings. The predicted octanol–water partition coefficient (Wildman–Crippen LogP) is 3.31. The van der Waals surface area contributed by atoms with Gasteiger partial charge in [0.2, 0.25) is 0 Å². The van der Waals surface area contributed by atoms with Gasteiger partial charge in [-0.2, -0.15) is 5.26 Å². The lowest BCUT2D eigenvalue weighted by molar-refractivity contribution is 0.102. The second-order valence-electron chi connectivity index (χ2n) is 4.08. The predicted molar refractivity (Wildman–Crippen MR) is 73.1 cm³/mol. The Morgan fingerprint density at radius 1 is 1.40 bits per heavy atom. The molecule has 100 valence electrons. The van der Waals surface area contributed by atoms with Gasteiger partial charge in [-0.3, -0.25) is 4.79 Å². The zero-order chi connectivity index (χ0) is 14.7. The van der Waals surface area contributed by atoms with Crippen LogP contribution in [0.25, 0.3) is 0 Å². The van der Waals surface area contributed by atoms with Gasteiger partial charge in [0.15, 0.2) is 0 Å². The molecule has 0 atom stereocenters. The van der Waals surface area contributed by atoms with Crippen LogP contribution in [0.1, 0.15) is 21.7 Å². The van der Waals surface area contributed by atoms with Crippen LogP contribution in [-0.4, -0.2) is 10.9 Å². The van der Waals surface area contributed by atoms with Crippen LogP contribution >= 0.6 is 11.6 Å². The zero-order valence-electron chi connectivity index (χ0n) is 10.4. The van der Waals surface area contributed by atoms with Crippen molar-refractivity contribution >= 4 is 23.2 Å². The number of carbonyl (C=O) groups excluding carboxylic acids is 1. The molecule has 0 radical (unpaired) electrons. The summed E-state index contributed by atoms with van der Waals surface area (Å²) in [6.45, 7) is 1.69. The second kappa shape index (κ2) is 5.68. The van der Waals surface area contributed by atoms with Gasteiger partial charge < -0.3 is 5.32 Å². The van der Waals surface area contributed by atoms with Crippen LogP contribution in [0.3, 0.4) is 0 Å². The molecule has 0 aliphatic carbocycles. The van der Waals surface area contributed by atoms with E-state index in [-0.39, 0.29) is 10.7 Å². The van der Waals surface area contributed by atoms with E-state index in [1.54, 1.807) is 13.0 Å². The van der Waals surface area contributed by atoms with Crippen molar-refractivity contribution in [3.05, 3.63) is 58.1 Å². The number of amides is 1. The molecule has 1 aromatic heterocycles. The van der Waals surface area contributed by atoms with Gasteiger partial charge >= 0.3 is 0 Å². The van der Waals surface area contributed by atoms with Crippen molar-refractivity contribution in [3.63, 3.8) is 0 Å². The molecular formula is C14H9ClFN3O. The van der Waals surface area contributed by atoms with Gasteiger partial charge in [-0.25, -0.2) is 9.37 Å². The molecule has 0 saturated carbocycles. The van der Waals surface area contributed by atoms with Gasteiger partial charge in [-0.15, -0.1) is 0 Å². The van der Waals surface area contributed by atoms with Crippen LogP contribution in [0.4, 0.5) is 10.1 Å². The largest absolute Gasteiger partial charge is 0.321 e. The number of nitrogens with one attached hydrogen (secondary N) is 1. The highest BCUT2D eigenvalue weighted by atomic mass is 35.5. The normalized spacial score (nSPS) is 9.90. The Morgan fingerprint density at radius 3 is 2.80 bits per heavy atom. The van der Waals surface area contributed by atoms with E-state index in [4.69, 9.17) is 16.9 Å². The number of nitrogens with zero attached hydrogens (tertiary/aromatic N) is 2. The molecule has 1 amide bonds. The number of nitriles is 1. The summed E-state index contributed by atoms with van der Waals surface area (Å²) in [5.74, 6) is -1.06. The van der Waals surface area contributed by atoms with Crippen molar-refractivity contribution in [3.8, 4) is 6.07 Å². The van der Waals surface area contributed by atoms with E-state index >= 15 is 0 Å². The van der Waals surface area contributed by atoms with E-state index in [2.05, 4.69) is 10.3 Å². The molecule has 0 spiro atoms. The van der Waals surface area contributed by atoms with Crippen LogP contribution in [0.2, 0.25) is 5.02 Å². The van der Waals surface area contributed by atoms with Crippen LogP contribution in [-0.2, 0) is 0 Å². The number of hydrogen-bond donors (Lipinski definition) is 1. The number of pyridine rings is 1. The molecule has 4 nitrogen and oxygen atoms in total. The van der Waals surface area contributed by atoms with Crippen molar-refractivity contribution in [1.29, 1.82) is 5.26 Å². The zero-order valence-corrected chi connectivity index (χ0v) is 11.2. The van der Waals surface area contributed by atoms with Gasteiger partial charge in [-0.1, -0.05) is 11.6 Å². The third kappa shape index (κ3) is 3.11. The van der Waals surface area contributed by atoms with E-state index in [1.807, 2.05) is 6.07 Å². The average Bonchev–Trinajstić information content (AvgIpc) is 2.42. The fourth-order valence-electron chi connectivity index (χ4n) is 1.62. The Balaban J connectivity index is 2.26. The first-order chi connectivity index (χ1) is 9.49. The molecule has 1 heterocycles. The minimum Gasteiger partial charge on any atom is -0.321 e. The van der Waals surface area contributed by atoms with E-state index in [0.717, 1.165) is 6.07 Å². The molecule has 2 rings (SSSR count). The van der Waals surface area contributed by atoms with Crippen molar-refractivity contribution in [1.82, 2.24) is 4.98 Å². The van der Waals surface area contributed by atoms with Crippen LogP contribution < -0.4 is 5.32 Å². The summed E-state index contributed by atoms with van der Waals surface area (Å²) >= 11 is 5.63. The van der Waals surface area contributed by atoms with Gasteiger partial charge in [0.1, 0.15) is 11.5 Å². The summed E-state index contributed by atoms with van der Waals surface area (Å²) in [5, 5.41) is 11.3. The lowest BCUT2D eigenvalue weighted by Crippen LogP contribution is -2.14. The molecule has 2 aromatic rings. The molecule has 1 N–H and O–H groups in total. The molecule has 20 heavy (non-hydrogen) atoms. The van der Waals surface area contributed by atoms with E-state index in [1.165, 1.54) is 18.2 Å². The Morgan fingerprint density at radius 2 is 2.15 bits per heavy atom. The van der Waals surface area contributed by atoms with Crippen LogP contribution in [0.15, 0.2) is 30.3 Å². The maximum Gasteiger partial charge on any atom is 0.274 e. The number of carbonyl (C=O) groups is 1. The number of hydrogen-bond acceptors (Lipinski definition) is 3. The van der Waals surface area contributed by atoms with Crippen molar-refractivity contribution < 1.29 is 9.18 Å². The first-order valence-electron chi connectivity index (χ1n) is 5.65. The molecule has 0 bridgehead atoms. The Labute approximate surface area is 119 Å². The molecule has 0 saturated heterocycles. The first kappa shape index (κ1) is 14.0. The van der Waals surface area contributed by atoms with Gasteiger partial charge in [-0.05, 0) is 37.3 Å². The number of rotatable bonds is 2. The SMILES string of the molecule is Cc1cc(C#N)cc(C(=O)Nc2ccc(F)c(Cl)c2)n1. The van der Waals surface area contributed by atoms with E-state index in [9.17, 15) is 9.18 Å². The van der Waals surface area contributed by atoms with Crippen molar-refractivity contribution in [2.24, 2.45) is 0 Å². The third-order valence-electron chi connectivity index (χ3n) is 2.49. The van der Waals surface area contributed by atoms with Crippen LogP contribution in [0, 0.1) is 24.1 Å². The highest BCUT2D eigenvalue weighted by Crippen LogP contribution is 2.19. The standard InChI is InChI=1S/C14H9ClFN3O/c1-8-4-9(7-17)5-13(18-8)14(20)19-10-2-3-12(16)11(15)6-10/h2-6H,1H3,(H,19,20). The van der Waals surface area contributed by atoms with Gasteiger partial charge in [0, 0.05) is 11.4 Å². The number of anilines is 1. The summed E-state index contributed by atoms with van der Waals surface area (Å²) in [6, 6.07) is 8.76. The highest BCUT2D eigenvalue weighted by Gasteiger charge is 2.11. The lowest BCUT2D eigenvalue weighted by atomic mass is 10.2. The van der Waals surface area contributed by atoms with Crippen LogP contribution in [0.5, 0.6) is 0 Å². The minimum atomic E-state index is -0.565. The Bertz CT molecular complexity index is 725. The quantitative estimate of drug-likeness (QED) is 0.922. The highest BCUT2D eigenvalue weighted by molar-refractivity contribution is 6.31. The summed E-state index contributed by atoms with van der Waals surface area (Å²) < 4.78 is 13.0. The Hall–Kier alpha value is -2.45. The van der Waals surface area contributed by atoms with Crippen molar-refractivity contribution in [2.75, 3.05) is 5.32 Å². The lowest BCUT2D eigenvalue weighted by Gasteiger charge is -2.06. The maximum atomic E-state index is 13.0. The van der Waals surface area contributed by atoms with E-state index < -0.39 is 11.7 Å². The smallest absolute Gasteiger partial charge is 0.274 e. The topological polar surface area (TPSA) is 65.8 Å². The number of aromatic nitrogens is 1.